The Kier molecular flexibility index (Phi) is 6.81. The molecule has 0 amide bonds. The fourth-order valence-corrected chi connectivity index (χ4v) is 3.38. The van der Waals surface area contributed by atoms with E-state index in [9.17, 15) is 9.90 Å². The number of esters is 1. The Morgan fingerprint density at radius 1 is 1.19 bits per heavy atom. The summed E-state index contributed by atoms with van der Waals surface area (Å²) in [6.45, 7) is 1.74. The molecule has 6 nitrogen and oxygen atoms in total. The molecule has 1 N–H and O–H groups in total. The number of benzene rings is 2. The van der Waals surface area contributed by atoms with Crippen molar-refractivity contribution in [3.8, 4) is 5.75 Å². The van der Waals surface area contributed by atoms with Crippen molar-refractivity contribution in [1.82, 2.24) is 4.90 Å². The molecule has 1 aliphatic heterocycles. The first-order valence-electron chi connectivity index (χ1n) is 9.02. The third-order valence-electron chi connectivity index (χ3n) is 4.70. The van der Waals surface area contributed by atoms with E-state index in [0.717, 1.165) is 17.7 Å². The van der Waals surface area contributed by atoms with E-state index in [1.807, 2.05) is 42.5 Å². The van der Waals surface area contributed by atoms with E-state index in [4.69, 9.17) is 9.47 Å². The zero-order valence-corrected chi connectivity index (χ0v) is 15.4. The highest BCUT2D eigenvalue weighted by atomic mass is 16.6. The lowest BCUT2D eigenvalue weighted by Gasteiger charge is -2.41. The molecule has 2 aromatic rings. The number of carbonyl (C=O) groups excluding carboxylic acids is 1. The summed E-state index contributed by atoms with van der Waals surface area (Å²) in [6.07, 6.45) is -0.288. The highest BCUT2D eigenvalue weighted by molar-refractivity contribution is 5.70. The molecule has 0 saturated carbocycles. The van der Waals surface area contributed by atoms with Crippen LogP contribution in [0.5, 0.6) is 5.75 Å². The van der Waals surface area contributed by atoms with Crippen molar-refractivity contribution in [2.24, 2.45) is 0 Å². The van der Waals surface area contributed by atoms with Crippen LogP contribution in [0.4, 0.5) is 0 Å². The zero-order chi connectivity index (χ0) is 19.1. The molecule has 3 rings (SSSR count). The van der Waals surface area contributed by atoms with Crippen LogP contribution in [0.25, 0.3) is 0 Å². The Labute approximate surface area is 159 Å². The van der Waals surface area contributed by atoms with Gasteiger partial charge in [-0.3, -0.25) is 4.90 Å². The minimum atomic E-state index is -0.418. The molecule has 144 valence electrons. The summed E-state index contributed by atoms with van der Waals surface area (Å²) in [5.74, 6) is 0.237. The minimum Gasteiger partial charge on any atom is -0.482 e. The molecule has 2 atom stereocenters. The highest BCUT2D eigenvalue weighted by Crippen LogP contribution is 2.32. The van der Waals surface area contributed by atoms with Crippen LogP contribution in [0.3, 0.4) is 0 Å². The summed E-state index contributed by atoms with van der Waals surface area (Å²) in [4.78, 5) is 13.7. The number of aliphatic hydroxyl groups excluding tert-OH is 1. The van der Waals surface area contributed by atoms with Crippen molar-refractivity contribution < 1.29 is 24.1 Å². The van der Waals surface area contributed by atoms with Gasteiger partial charge in [0.1, 0.15) is 11.9 Å². The number of morpholine rings is 1. The highest BCUT2D eigenvalue weighted by Gasteiger charge is 2.33. The first-order valence-corrected chi connectivity index (χ1v) is 9.02. The molecule has 1 saturated heterocycles. The van der Waals surface area contributed by atoms with Crippen LogP contribution >= 0.6 is 0 Å². The van der Waals surface area contributed by atoms with Gasteiger partial charge in [0.05, 0.1) is 26.4 Å². The molecule has 0 aromatic heterocycles. The number of methoxy groups -OCH3 is 1. The summed E-state index contributed by atoms with van der Waals surface area (Å²) in [5, 5.41) is 9.81. The molecule has 1 heterocycles. The first-order chi connectivity index (χ1) is 13.2. The number of aliphatic hydroxyl groups is 1. The van der Waals surface area contributed by atoms with Gasteiger partial charge in [-0.2, -0.15) is 0 Å². The van der Waals surface area contributed by atoms with Crippen LogP contribution in [0, 0.1) is 0 Å². The molecule has 0 unspecified atom stereocenters. The Balaban J connectivity index is 1.81. The quantitative estimate of drug-likeness (QED) is 0.753. The van der Waals surface area contributed by atoms with Crippen molar-refractivity contribution in [2.45, 2.75) is 18.7 Å². The van der Waals surface area contributed by atoms with Gasteiger partial charge < -0.3 is 19.3 Å². The predicted molar refractivity (Wildman–Crippen MR) is 100 cm³/mol. The molecule has 2 aromatic carbocycles. The molecule has 0 spiro atoms. The molecule has 0 radical (unpaired) electrons. The summed E-state index contributed by atoms with van der Waals surface area (Å²) in [6, 6.07) is 17.7. The Morgan fingerprint density at radius 3 is 2.67 bits per heavy atom. The summed E-state index contributed by atoms with van der Waals surface area (Å²) in [7, 11) is 1.34. The van der Waals surface area contributed by atoms with Crippen molar-refractivity contribution in [2.75, 3.05) is 33.5 Å². The second-order valence-electron chi connectivity index (χ2n) is 6.39. The van der Waals surface area contributed by atoms with Crippen LogP contribution in [0.2, 0.25) is 0 Å². The Hall–Kier alpha value is -2.41. The number of nitrogens with zero attached hydrogens (tertiary/aromatic N) is 1. The van der Waals surface area contributed by atoms with E-state index in [1.54, 1.807) is 0 Å². The van der Waals surface area contributed by atoms with Crippen LogP contribution in [0.15, 0.2) is 54.6 Å². The lowest BCUT2D eigenvalue weighted by molar-refractivity contribution is -0.142. The maximum atomic E-state index is 11.4. The lowest BCUT2D eigenvalue weighted by Crippen LogP contribution is -2.46. The fourth-order valence-electron chi connectivity index (χ4n) is 3.38. The van der Waals surface area contributed by atoms with E-state index in [2.05, 4.69) is 21.8 Å². The van der Waals surface area contributed by atoms with E-state index < -0.39 is 5.97 Å². The third kappa shape index (κ3) is 4.86. The molecule has 0 bridgehead atoms. The molecule has 27 heavy (non-hydrogen) atoms. The first kappa shape index (κ1) is 19.4. The summed E-state index contributed by atoms with van der Waals surface area (Å²) in [5.41, 5.74) is 2.07. The second kappa shape index (κ2) is 9.50. The largest absolute Gasteiger partial charge is 0.482 e. The normalized spacial score (nSPS) is 20.2. The standard InChI is InChI=1S/C21H25NO5/c1-25-20(24)15-27-18-10-6-5-9-17(18)13-22-11-12-26-19(14-23)21(22)16-7-3-2-4-8-16/h2-10,19,21,23H,11-15H2,1H3/t19-,21-/m0/s1. The van der Waals surface area contributed by atoms with Gasteiger partial charge in [-0.25, -0.2) is 4.79 Å². The number of carbonyl (C=O) groups is 1. The van der Waals surface area contributed by atoms with Gasteiger partial charge in [0.25, 0.3) is 0 Å². The molecular weight excluding hydrogens is 346 g/mol. The fraction of sp³-hybridized carbons (Fsp3) is 0.381. The maximum Gasteiger partial charge on any atom is 0.343 e. The number of hydrogen-bond donors (Lipinski definition) is 1. The lowest BCUT2D eigenvalue weighted by atomic mass is 9.97. The SMILES string of the molecule is COC(=O)COc1ccccc1CN1CCO[C@@H](CO)[C@@H]1c1ccccc1. The van der Waals surface area contributed by atoms with Crippen LogP contribution in [0.1, 0.15) is 17.2 Å². The van der Waals surface area contributed by atoms with Gasteiger partial charge in [-0.1, -0.05) is 48.5 Å². The molecule has 1 fully saturated rings. The van der Waals surface area contributed by atoms with Gasteiger partial charge in [-0.05, 0) is 11.6 Å². The second-order valence-corrected chi connectivity index (χ2v) is 6.39. The van der Waals surface area contributed by atoms with Gasteiger partial charge in [0.15, 0.2) is 6.61 Å². The van der Waals surface area contributed by atoms with Crippen LogP contribution < -0.4 is 4.74 Å². The summed E-state index contributed by atoms with van der Waals surface area (Å²) < 4.78 is 16.1. The average molecular weight is 371 g/mol. The Bertz CT molecular complexity index is 736. The number of para-hydroxylation sites is 1. The molecule has 0 aliphatic carbocycles. The van der Waals surface area contributed by atoms with Crippen molar-refractivity contribution in [1.29, 1.82) is 0 Å². The van der Waals surface area contributed by atoms with Crippen molar-refractivity contribution in [3.63, 3.8) is 0 Å². The van der Waals surface area contributed by atoms with E-state index in [1.165, 1.54) is 7.11 Å². The number of hydrogen-bond acceptors (Lipinski definition) is 6. The molecular formula is C21H25NO5. The van der Waals surface area contributed by atoms with Gasteiger partial charge >= 0.3 is 5.97 Å². The van der Waals surface area contributed by atoms with Gasteiger partial charge in [-0.15, -0.1) is 0 Å². The van der Waals surface area contributed by atoms with Gasteiger partial charge in [0.2, 0.25) is 0 Å². The summed E-state index contributed by atoms with van der Waals surface area (Å²) >= 11 is 0. The predicted octanol–water partition coefficient (Wildman–Crippen LogP) is 2.17. The Morgan fingerprint density at radius 2 is 1.93 bits per heavy atom. The zero-order valence-electron chi connectivity index (χ0n) is 15.4. The van der Waals surface area contributed by atoms with Crippen molar-refractivity contribution in [3.05, 3.63) is 65.7 Å². The van der Waals surface area contributed by atoms with Crippen LogP contribution in [-0.2, 0) is 20.8 Å². The number of ether oxygens (including phenoxy) is 3. The maximum absolute atomic E-state index is 11.4. The van der Waals surface area contributed by atoms with E-state index in [0.29, 0.717) is 18.9 Å². The number of rotatable bonds is 7. The topological polar surface area (TPSA) is 68.2 Å². The smallest absolute Gasteiger partial charge is 0.343 e. The monoisotopic (exact) mass is 371 g/mol. The van der Waals surface area contributed by atoms with Gasteiger partial charge in [0, 0.05) is 18.7 Å². The van der Waals surface area contributed by atoms with E-state index >= 15 is 0 Å². The average Bonchev–Trinajstić information content (AvgIpc) is 2.73. The van der Waals surface area contributed by atoms with Crippen LogP contribution in [-0.4, -0.2) is 55.6 Å². The van der Waals surface area contributed by atoms with E-state index in [-0.39, 0.29) is 25.4 Å². The molecule has 6 heteroatoms. The minimum absolute atomic E-state index is 0.0451. The van der Waals surface area contributed by atoms with Crippen molar-refractivity contribution >= 4 is 5.97 Å². The third-order valence-corrected chi connectivity index (χ3v) is 4.70. The molecule has 1 aliphatic rings.